The molecular formula is C21H23F2N4OP. The third kappa shape index (κ3) is 4.67. The van der Waals surface area contributed by atoms with Crippen LogP contribution in [0.1, 0.15) is 38.4 Å². The van der Waals surface area contributed by atoms with Crippen LogP contribution in [0.5, 0.6) is 0 Å². The smallest absolute Gasteiger partial charge is 0.270 e. The number of alkyl halides is 2. The van der Waals surface area contributed by atoms with Crippen LogP contribution in [0, 0.1) is 0 Å². The fraction of sp³-hybridized carbons (Fsp3) is 0.286. The van der Waals surface area contributed by atoms with Crippen molar-refractivity contribution in [3.8, 4) is 11.4 Å². The van der Waals surface area contributed by atoms with E-state index in [9.17, 15) is 13.6 Å². The van der Waals surface area contributed by atoms with E-state index in [4.69, 9.17) is 0 Å². The van der Waals surface area contributed by atoms with Crippen molar-refractivity contribution in [2.75, 3.05) is 6.54 Å². The number of carbonyl (C=O) groups is 1. The summed E-state index contributed by atoms with van der Waals surface area (Å²) in [6, 6.07) is 6.18. The van der Waals surface area contributed by atoms with Crippen LogP contribution in [-0.4, -0.2) is 22.4 Å². The van der Waals surface area contributed by atoms with Crippen LogP contribution in [0.3, 0.4) is 0 Å². The SMILES string of the molecule is C/C=C(\NC1=C(C)C(=O)NCC1)c1ccnc(-c2cc(C(C)(F)F)ccc2P)n1. The lowest BCUT2D eigenvalue weighted by atomic mass is 10.1. The van der Waals surface area contributed by atoms with Gasteiger partial charge in [0.2, 0.25) is 5.91 Å². The molecule has 152 valence electrons. The quantitative estimate of drug-likeness (QED) is 0.733. The molecule has 0 aliphatic carbocycles. The molecule has 0 saturated heterocycles. The summed E-state index contributed by atoms with van der Waals surface area (Å²) in [5, 5.41) is 6.83. The van der Waals surface area contributed by atoms with E-state index in [1.807, 2.05) is 13.0 Å². The van der Waals surface area contributed by atoms with Crippen molar-refractivity contribution in [1.29, 1.82) is 0 Å². The van der Waals surface area contributed by atoms with Gasteiger partial charge in [-0.25, -0.2) is 18.7 Å². The van der Waals surface area contributed by atoms with Crippen LogP contribution in [0.25, 0.3) is 17.1 Å². The molecule has 2 N–H and O–H groups in total. The van der Waals surface area contributed by atoms with Crippen molar-refractivity contribution < 1.29 is 13.6 Å². The zero-order chi connectivity index (χ0) is 21.2. The predicted octanol–water partition coefficient (Wildman–Crippen LogP) is 3.50. The van der Waals surface area contributed by atoms with Gasteiger partial charge in [-0.05, 0) is 31.3 Å². The standard InChI is InChI=1S/C21H23F2N4OP/c1-4-15(26-16-7-10-25-20(28)12(16)2)17-8-9-24-19(27-17)14-11-13(21(3,22)23)5-6-18(14)29/h4-6,8-9,11,26H,7,10,29H2,1-3H3,(H,25,28)/b15-4-. The molecule has 5 nitrogen and oxygen atoms in total. The Morgan fingerprint density at radius 2 is 2.10 bits per heavy atom. The minimum absolute atomic E-state index is 0.0916. The highest BCUT2D eigenvalue weighted by atomic mass is 31.0. The molecule has 29 heavy (non-hydrogen) atoms. The Balaban J connectivity index is 1.97. The molecule has 0 spiro atoms. The molecular weight excluding hydrogens is 393 g/mol. The first-order chi connectivity index (χ1) is 13.7. The van der Waals surface area contributed by atoms with E-state index in [0.717, 1.165) is 23.6 Å². The number of hydrogen-bond acceptors (Lipinski definition) is 4. The van der Waals surface area contributed by atoms with Gasteiger partial charge in [0.15, 0.2) is 5.82 Å². The lowest BCUT2D eigenvalue weighted by Crippen LogP contribution is -2.34. The number of hydrogen-bond donors (Lipinski definition) is 2. The molecule has 0 radical (unpaired) electrons. The van der Waals surface area contributed by atoms with E-state index >= 15 is 0 Å². The van der Waals surface area contributed by atoms with E-state index in [-0.39, 0.29) is 11.5 Å². The molecule has 1 aliphatic rings. The van der Waals surface area contributed by atoms with E-state index in [2.05, 4.69) is 29.8 Å². The molecule has 1 amide bonds. The lowest BCUT2D eigenvalue weighted by Gasteiger charge is -2.21. The molecule has 1 aromatic heterocycles. The van der Waals surface area contributed by atoms with Gasteiger partial charge >= 0.3 is 0 Å². The summed E-state index contributed by atoms with van der Waals surface area (Å²) < 4.78 is 27.5. The fourth-order valence-electron chi connectivity index (χ4n) is 3.02. The highest BCUT2D eigenvalue weighted by Crippen LogP contribution is 2.29. The molecule has 0 bridgehead atoms. The summed E-state index contributed by atoms with van der Waals surface area (Å²) in [6.07, 6.45) is 4.14. The summed E-state index contributed by atoms with van der Waals surface area (Å²) in [7, 11) is 2.53. The molecule has 1 aliphatic heterocycles. The highest BCUT2D eigenvalue weighted by molar-refractivity contribution is 7.28. The number of carbonyl (C=O) groups excluding carboxylic acids is 1. The van der Waals surface area contributed by atoms with Crippen molar-refractivity contribution in [2.24, 2.45) is 0 Å². The summed E-state index contributed by atoms with van der Waals surface area (Å²) in [5.74, 6) is -2.69. The van der Waals surface area contributed by atoms with Gasteiger partial charge in [-0.3, -0.25) is 4.79 Å². The molecule has 1 unspecified atom stereocenters. The van der Waals surface area contributed by atoms with Gasteiger partial charge in [0.05, 0.1) is 11.4 Å². The maximum absolute atomic E-state index is 13.8. The zero-order valence-corrected chi connectivity index (χ0v) is 17.7. The zero-order valence-electron chi connectivity index (χ0n) is 16.5. The first-order valence-electron chi connectivity index (χ1n) is 9.23. The molecule has 2 aromatic rings. The van der Waals surface area contributed by atoms with Crippen LogP contribution < -0.4 is 15.9 Å². The maximum Gasteiger partial charge on any atom is 0.270 e. The second-order valence-corrected chi connectivity index (χ2v) is 7.51. The average molecular weight is 416 g/mol. The Kier molecular flexibility index (Phi) is 6.08. The largest absolute Gasteiger partial charge is 0.357 e. The summed E-state index contributed by atoms with van der Waals surface area (Å²) in [5.41, 5.74) is 3.24. The van der Waals surface area contributed by atoms with Crippen molar-refractivity contribution in [3.63, 3.8) is 0 Å². The number of nitrogens with zero attached hydrogens (tertiary/aromatic N) is 2. The number of nitrogens with one attached hydrogen (secondary N) is 2. The van der Waals surface area contributed by atoms with Crippen molar-refractivity contribution in [2.45, 2.75) is 33.1 Å². The van der Waals surface area contributed by atoms with Crippen molar-refractivity contribution in [1.82, 2.24) is 20.6 Å². The van der Waals surface area contributed by atoms with Gasteiger partial charge in [-0.2, -0.15) is 0 Å². The first kappa shape index (κ1) is 21.1. The van der Waals surface area contributed by atoms with E-state index in [1.165, 1.54) is 12.1 Å². The Morgan fingerprint density at radius 1 is 1.34 bits per heavy atom. The van der Waals surface area contributed by atoms with Crippen molar-refractivity contribution in [3.05, 3.63) is 59.1 Å². The van der Waals surface area contributed by atoms with Gasteiger partial charge in [0.25, 0.3) is 5.92 Å². The predicted molar refractivity (Wildman–Crippen MR) is 113 cm³/mol. The van der Waals surface area contributed by atoms with Gasteiger partial charge in [-0.15, -0.1) is 9.24 Å². The molecule has 2 heterocycles. The van der Waals surface area contributed by atoms with Crippen LogP contribution in [0.2, 0.25) is 0 Å². The molecule has 3 rings (SSSR count). The number of rotatable bonds is 5. The highest BCUT2D eigenvalue weighted by Gasteiger charge is 2.25. The summed E-state index contributed by atoms with van der Waals surface area (Å²) in [4.78, 5) is 20.8. The monoisotopic (exact) mass is 416 g/mol. The van der Waals surface area contributed by atoms with Crippen LogP contribution >= 0.6 is 9.24 Å². The number of halogens is 2. The number of allylic oxidation sites excluding steroid dienone is 1. The number of aromatic nitrogens is 2. The van der Waals surface area contributed by atoms with Crippen LogP contribution in [-0.2, 0) is 10.7 Å². The van der Waals surface area contributed by atoms with Crippen LogP contribution in [0.4, 0.5) is 8.78 Å². The van der Waals surface area contributed by atoms with Crippen LogP contribution in [0.15, 0.2) is 47.8 Å². The van der Waals surface area contributed by atoms with E-state index in [1.54, 1.807) is 25.3 Å². The maximum atomic E-state index is 13.8. The Bertz CT molecular complexity index is 1010. The minimum Gasteiger partial charge on any atom is -0.357 e. The molecule has 0 fully saturated rings. The second-order valence-electron chi connectivity index (χ2n) is 6.89. The molecule has 1 aromatic carbocycles. The third-order valence-corrected chi connectivity index (χ3v) is 5.26. The van der Waals surface area contributed by atoms with Gasteiger partial charge in [-0.1, -0.05) is 18.2 Å². The first-order valence-corrected chi connectivity index (χ1v) is 9.81. The number of benzene rings is 1. The van der Waals surface area contributed by atoms with Gasteiger partial charge < -0.3 is 10.6 Å². The van der Waals surface area contributed by atoms with E-state index < -0.39 is 5.92 Å². The Morgan fingerprint density at radius 3 is 2.79 bits per heavy atom. The van der Waals surface area contributed by atoms with Crippen molar-refractivity contribution >= 4 is 26.1 Å². The molecule has 1 atom stereocenters. The molecule has 8 heteroatoms. The van der Waals surface area contributed by atoms with Gasteiger partial charge in [0, 0.05) is 48.5 Å². The minimum atomic E-state index is -2.95. The Hall–Kier alpha value is -2.66. The average Bonchev–Trinajstić information content (AvgIpc) is 2.68. The summed E-state index contributed by atoms with van der Waals surface area (Å²) >= 11 is 0. The third-order valence-electron chi connectivity index (χ3n) is 4.76. The van der Waals surface area contributed by atoms with E-state index in [0.29, 0.717) is 35.6 Å². The lowest BCUT2D eigenvalue weighted by molar-refractivity contribution is -0.117. The normalized spacial score (nSPS) is 15.4. The molecule has 0 saturated carbocycles. The second kappa shape index (κ2) is 8.37. The number of amides is 1. The van der Waals surface area contributed by atoms with Gasteiger partial charge in [0.1, 0.15) is 0 Å². The summed E-state index contributed by atoms with van der Waals surface area (Å²) in [6.45, 7) is 5.07. The fourth-order valence-corrected chi connectivity index (χ4v) is 3.33. The topological polar surface area (TPSA) is 66.9 Å². The Labute approximate surface area is 170 Å².